The van der Waals surface area contributed by atoms with Crippen LogP contribution in [-0.2, 0) is 0 Å². The number of thiocarbonyl (C=S) groups is 1. The number of aromatic nitrogens is 1. The third-order valence-corrected chi connectivity index (χ3v) is 0.933. The van der Waals surface area contributed by atoms with Crippen LogP contribution in [0.15, 0.2) is 16.9 Å². The van der Waals surface area contributed by atoms with Crippen molar-refractivity contribution in [2.75, 3.05) is 0 Å². The van der Waals surface area contributed by atoms with E-state index < -0.39 is 0 Å². The van der Waals surface area contributed by atoms with Gasteiger partial charge in [0.15, 0.2) is 0 Å². The predicted octanol–water partition coefficient (Wildman–Crippen LogP) is 1.23. The van der Waals surface area contributed by atoms with Crippen LogP contribution in [0, 0.1) is 6.92 Å². The van der Waals surface area contributed by atoms with Gasteiger partial charge in [-0.2, -0.15) is 0 Å². The molecule has 0 aliphatic heterocycles. The first-order valence-corrected chi connectivity index (χ1v) is 2.48. The van der Waals surface area contributed by atoms with Gasteiger partial charge in [-0.15, -0.1) is 0 Å². The molecule has 0 N–H and O–H groups in total. The standard InChI is InChI=1S/C5H4NOS/c1-4(8)5-2-3-7-6-5/h2-3H,1H2. The third kappa shape index (κ3) is 0.924. The van der Waals surface area contributed by atoms with Gasteiger partial charge < -0.3 is 4.52 Å². The summed E-state index contributed by atoms with van der Waals surface area (Å²) in [5.74, 6) is 0. The van der Waals surface area contributed by atoms with Crippen molar-refractivity contribution < 1.29 is 4.52 Å². The van der Waals surface area contributed by atoms with E-state index in [1.165, 1.54) is 6.26 Å². The van der Waals surface area contributed by atoms with Crippen LogP contribution in [0.5, 0.6) is 0 Å². The maximum Gasteiger partial charge on any atom is 0.124 e. The summed E-state index contributed by atoms with van der Waals surface area (Å²) in [6.45, 7) is 3.49. The Morgan fingerprint density at radius 2 is 2.62 bits per heavy atom. The molecule has 0 saturated carbocycles. The molecule has 0 unspecified atom stereocenters. The Kier molecular flexibility index (Phi) is 1.39. The molecule has 41 valence electrons. The van der Waals surface area contributed by atoms with E-state index in [1.807, 2.05) is 0 Å². The second-order valence-electron chi connectivity index (χ2n) is 1.31. The van der Waals surface area contributed by atoms with Crippen molar-refractivity contribution in [3.05, 3.63) is 24.9 Å². The van der Waals surface area contributed by atoms with Crippen LogP contribution in [0.25, 0.3) is 0 Å². The minimum Gasteiger partial charge on any atom is -0.364 e. The molecule has 8 heavy (non-hydrogen) atoms. The van der Waals surface area contributed by atoms with Gasteiger partial charge in [0.05, 0.1) is 0 Å². The Morgan fingerprint density at radius 1 is 1.88 bits per heavy atom. The van der Waals surface area contributed by atoms with Gasteiger partial charge in [-0.05, 0) is 6.92 Å². The molecule has 1 aromatic heterocycles. The minimum absolute atomic E-state index is 0.513. The van der Waals surface area contributed by atoms with Gasteiger partial charge in [0, 0.05) is 10.9 Å². The minimum atomic E-state index is 0.513. The van der Waals surface area contributed by atoms with Gasteiger partial charge in [-0.1, -0.05) is 17.4 Å². The molecule has 0 bridgehead atoms. The van der Waals surface area contributed by atoms with Crippen molar-refractivity contribution in [2.45, 2.75) is 0 Å². The molecule has 0 amide bonds. The second-order valence-corrected chi connectivity index (χ2v) is 1.80. The highest BCUT2D eigenvalue weighted by atomic mass is 32.1. The van der Waals surface area contributed by atoms with Gasteiger partial charge in [0.1, 0.15) is 12.0 Å². The van der Waals surface area contributed by atoms with Crippen LogP contribution < -0.4 is 0 Å². The van der Waals surface area contributed by atoms with E-state index in [0.717, 1.165) is 0 Å². The van der Waals surface area contributed by atoms with E-state index in [-0.39, 0.29) is 0 Å². The van der Waals surface area contributed by atoms with Gasteiger partial charge in [-0.3, -0.25) is 0 Å². The Balaban J connectivity index is 2.93. The summed E-state index contributed by atoms with van der Waals surface area (Å²) in [5.41, 5.74) is 0.639. The lowest BCUT2D eigenvalue weighted by molar-refractivity contribution is 0.418. The summed E-state index contributed by atoms with van der Waals surface area (Å²) >= 11 is 4.68. The van der Waals surface area contributed by atoms with Crippen LogP contribution >= 0.6 is 12.2 Å². The summed E-state index contributed by atoms with van der Waals surface area (Å²) in [5, 5.41) is 3.54. The first-order valence-electron chi connectivity index (χ1n) is 2.07. The topological polar surface area (TPSA) is 26.0 Å². The van der Waals surface area contributed by atoms with Crippen molar-refractivity contribution in [2.24, 2.45) is 0 Å². The molecular formula is C5H4NOS. The molecule has 0 saturated heterocycles. The molecule has 1 heterocycles. The first kappa shape index (κ1) is 5.44. The summed E-state index contributed by atoms with van der Waals surface area (Å²) < 4.78 is 4.50. The van der Waals surface area contributed by atoms with Gasteiger partial charge in [-0.25, -0.2) is 0 Å². The van der Waals surface area contributed by atoms with E-state index in [2.05, 4.69) is 28.8 Å². The normalized spacial score (nSPS) is 9.12. The Morgan fingerprint density at radius 3 is 2.88 bits per heavy atom. The van der Waals surface area contributed by atoms with Crippen molar-refractivity contribution in [3.8, 4) is 0 Å². The third-order valence-electron chi connectivity index (χ3n) is 0.724. The Hall–Kier alpha value is -0.700. The lowest BCUT2D eigenvalue weighted by atomic mass is 10.3. The lowest BCUT2D eigenvalue weighted by Gasteiger charge is -1.80. The van der Waals surface area contributed by atoms with Crippen LogP contribution in [-0.4, -0.2) is 10.0 Å². The van der Waals surface area contributed by atoms with E-state index in [4.69, 9.17) is 0 Å². The molecule has 1 radical (unpaired) electrons. The monoisotopic (exact) mass is 126 g/mol. The highest BCUT2D eigenvalue weighted by Gasteiger charge is 1.94. The van der Waals surface area contributed by atoms with E-state index in [9.17, 15) is 0 Å². The Bertz CT molecular complexity index is 180. The molecule has 2 nitrogen and oxygen atoms in total. The maximum atomic E-state index is 4.68. The summed E-state index contributed by atoms with van der Waals surface area (Å²) in [6.07, 6.45) is 1.47. The van der Waals surface area contributed by atoms with Gasteiger partial charge >= 0.3 is 0 Å². The Labute approximate surface area is 52.5 Å². The van der Waals surface area contributed by atoms with E-state index in [1.54, 1.807) is 6.07 Å². The molecular weight excluding hydrogens is 122 g/mol. The van der Waals surface area contributed by atoms with Crippen LogP contribution in [0.4, 0.5) is 0 Å². The fourth-order valence-electron chi connectivity index (χ4n) is 0.356. The molecule has 0 aromatic carbocycles. The number of nitrogens with zero attached hydrogens (tertiary/aromatic N) is 1. The molecule has 0 aliphatic rings. The zero-order valence-corrected chi connectivity index (χ0v) is 4.94. The van der Waals surface area contributed by atoms with Crippen LogP contribution in [0.3, 0.4) is 0 Å². The molecule has 1 rings (SSSR count). The largest absolute Gasteiger partial charge is 0.364 e. The van der Waals surface area contributed by atoms with Gasteiger partial charge in [0.2, 0.25) is 0 Å². The SMILES string of the molecule is [CH2]C(=S)c1ccon1. The zero-order chi connectivity index (χ0) is 5.98. The van der Waals surface area contributed by atoms with Crippen LogP contribution in [0.2, 0.25) is 0 Å². The number of rotatable bonds is 1. The van der Waals surface area contributed by atoms with Crippen molar-refractivity contribution in [1.29, 1.82) is 0 Å². The predicted molar refractivity (Wildman–Crippen MR) is 33.6 cm³/mol. The number of hydrogen-bond donors (Lipinski definition) is 0. The highest BCUT2D eigenvalue weighted by molar-refractivity contribution is 7.81. The number of hydrogen-bond acceptors (Lipinski definition) is 3. The molecule has 0 spiro atoms. The summed E-state index contributed by atoms with van der Waals surface area (Å²) in [6, 6.07) is 1.68. The van der Waals surface area contributed by atoms with Crippen molar-refractivity contribution >= 4 is 17.1 Å². The second kappa shape index (κ2) is 2.05. The molecule has 0 aliphatic carbocycles. The summed E-state index contributed by atoms with van der Waals surface area (Å²) in [4.78, 5) is 0.513. The van der Waals surface area contributed by atoms with E-state index in [0.29, 0.717) is 10.6 Å². The smallest absolute Gasteiger partial charge is 0.124 e. The van der Waals surface area contributed by atoms with E-state index >= 15 is 0 Å². The fourth-order valence-corrected chi connectivity index (χ4v) is 0.462. The van der Waals surface area contributed by atoms with Crippen LogP contribution in [0.1, 0.15) is 5.69 Å². The fraction of sp³-hybridized carbons (Fsp3) is 0. The quantitative estimate of drug-likeness (QED) is 0.418. The first-order chi connectivity index (χ1) is 3.80. The molecule has 3 heteroatoms. The molecule has 0 fully saturated rings. The highest BCUT2D eigenvalue weighted by Crippen LogP contribution is 1.94. The maximum absolute atomic E-state index is 4.68. The average molecular weight is 126 g/mol. The molecule has 0 atom stereocenters. The van der Waals surface area contributed by atoms with Gasteiger partial charge in [0.25, 0.3) is 0 Å². The summed E-state index contributed by atoms with van der Waals surface area (Å²) in [7, 11) is 0. The average Bonchev–Trinajstić information content (AvgIpc) is 2.12. The zero-order valence-electron chi connectivity index (χ0n) is 4.13. The molecule has 1 aromatic rings. The van der Waals surface area contributed by atoms with Crippen molar-refractivity contribution in [3.63, 3.8) is 0 Å². The van der Waals surface area contributed by atoms with Crippen molar-refractivity contribution in [1.82, 2.24) is 5.16 Å². The lowest BCUT2D eigenvalue weighted by Crippen LogP contribution is -1.87.